The molecule has 2 aromatic rings. The first kappa shape index (κ1) is 26.1. The topological polar surface area (TPSA) is 107 Å². The van der Waals surface area contributed by atoms with Gasteiger partial charge in [-0.15, -0.1) is 0 Å². The van der Waals surface area contributed by atoms with Gasteiger partial charge in [-0.1, -0.05) is 12.1 Å². The largest absolute Gasteiger partial charge is 0.347 e. The van der Waals surface area contributed by atoms with E-state index in [-0.39, 0.29) is 47.2 Å². The molecule has 0 unspecified atom stereocenters. The number of alkyl halides is 2. The highest BCUT2D eigenvalue weighted by molar-refractivity contribution is 7.92. The van der Waals surface area contributed by atoms with Gasteiger partial charge in [0, 0.05) is 0 Å². The summed E-state index contributed by atoms with van der Waals surface area (Å²) in [5.41, 5.74) is 1.15. The summed E-state index contributed by atoms with van der Waals surface area (Å²) in [7, 11) is -3.37. The Morgan fingerprint density at radius 2 is 1.78 bits per heavy atom. The molecule has 3 aliphatic rings. The van der Waals surface area contributed by atoms with Crippen molar-refractivity contribution >= 4 is 21.6 Å². The van der Waals surface area contributed by atoms with Crippen LogP contribution < -0.4 is 5.32 Å². The number of hydrogen-bond donors (Lipinski definition) is 1. The van der Waals surface area contributed by atoms with Gasteiger partial charge in [-0.2, -0.15) is 0 Å². The van der Waals surface area contributed by atoms with E-state index in [2.05, 4.69) is 15.3 Å². The Kier molecular flexibility index (Phi) is 7.06. The highest BCUT2D eigenvalue weighted by atomic mass is 32.2. The maximum absolute atomic E-state index is 13.9. The Morgan fingerprint density at radius 1 is 1.11 bits per heavy atom. The molecule has 0 spiro atoms. The van der Waals surface area contributed by atoms with Crippen LogP contribution in [-0.2, 0) is 24.1 Å². The number of carbonyl (C=O) groups is 1. The second-order valence-corrected chi connectivity index (χ2v) is 12.8. The minimum Gasteiger partial charge on any atom is -0.347 e. The highest BCUT2D eigenvalue weighted by Crippen LogP contribution is 2.39. The van der Waals surface area contributed by atoms with Gasteiger partial charge in [0.1, 0.15) is 18.4 Å². The predicted octanol–water partition coefficient (Wildman–Crippen LogP) is 4.44. The van der Waals surface area contributed by atoms with E-state index in [1.54, 1.807) is 12.1 Å². The zero-order chi connectivity index (χ0) is 26.4. The molecule has 5 atom stereocenters. The number of sulfone groups is 1. The summed E-state index contributed by atoms with van der Waals surface area (Å²) in [6.45, 7) is 3.96. The van der Waals surface area contributed by atoms with Gasteiger partial charge in [-0.05, 0) is 69.6 Å². The summed E-state index contributed by atoms with van der Waals surface area (Å²) in [5, 5.41) is 2.41. The van der Waals surface area contributed by atoms with Gasteiger partial charge < -0.3 is 14.8 Å². The van der Waals surface area contributed by atoms with E-state index < -0.39 is 39.8 Å². The highest BCUT2D eigenvalue weighted by Gasteiger charge is 2.39. The van der Waals surface area contributed by atoms with Gasteiger partial charge in [-0.25, -0.2) is 22.2 Å². The zero-order valence-corrected chi connectivity index (χ0v) is 21.6. The average molecular weight is 536 g/mol. The van der Waals surface area contributed by atoms with Crippen molar-refractivity contribution in [1.29, 1.82) is 0 Å². The van der Waals surface area contributed by atoms with Gasteiger partial charge in [0.05, 0.1) is 40.8 Å². The molecule has 200 valence electrons. The molecule has 5 rings (SSSR count). The Labute approximate surface area is 215 Å². The molecule has 0 bridgehead atoms. The number of nitrogens with one attached hydrogen (secondary N) is 1. The molecule has 1 aromatic carbocycles. The van der Waals surface area contributed by atoms with Crippen molar-refractivity contribution < 1.29 is 31.5 Å². The van der Waals surface area contributed by atoms with Crippen LogP contribution in [0.4, 0.5) is 14.6 Å². The van der Waals surface area contributed by atoms with Crippen molar-refractivity contribution in [2.75, 3.05) is 11.9 Å². The number of carbonyl (C=O) groups excluding carboxylic acids is 1. The minimum absolute atomic E-state index is 0.0490. The quantitative estimate of drug-likeness (QED) is 0.533. The second-order valence-electron chi connectivity index (χ2n) is 10.6. The summed E-state index contributed by atoms with van der Waals surface area (Å²) < 4.78 is 64.2. The lowest BCUT2D eigenvalue weighted by molar-refractivity contribution is -0.139. The average Bonchev–Trinajstić information content (AvgIpc) is 3.60. The fourth-order valence-corrected chi connectivity index (χ4v) is 6.68. The van der Waals surface area contributed by atoms with Crippen LogP contribution in [0.2, 0.25) is 0 Å². The number of hydrogen-bond acceptors (Lipinski definition) is 7. The Hall–Kier alpha value is -2.50. The molecule has 1 aliphatic heterocycles. The van der Waals surface area contributed by atoms with Crippen LogP contribution in [0.3, 0.4) is 0 Å². The number of halogens is 2. The van der Waals surface area contributed by atoms with Gasteiger partial charge in [0.2, 0.25) is 5.91 Å². The van der Waals surface area contributed by atoms with Gasteiger partial charge in [-0.3, -0.25) is 9.78 Å². The molecule has 2 heterocycles. The van der Waals surface area contributed by atoms with E-state index in [1.807, 2.05) is 13.8 Å². The van der Waals surface area contributed by atoms with E-state index in [4.69, 9.17) is 9.47 Å². The van der Waals surface area contributed by atoms with Gasteiger partial charge in [0.15, 0.2) is 21.4 Å². The summed E-state index contributed by atoms with van der Waals surface area (Å²) in [4.78, 5) is 22.2. The van der Waals surface area contributed by atoms with Crippen LogP contribution in [0.1, 0.15) is 69.2 Å². The third kappa shape index (κ3) is 5.83. The molecule has 1 amide bonds. The van der Waals surface area contributed by atoms with Crippen molar-refractivity contribution in [2.45, 2.75) is 86.2 Å². The smallest absolute Gasteiger partial charge is 0.233 e. The van der Waals surface area contributed by atoms with Gasteiger partial charge in [0.25, 0.3) is 0 Å². The maximum Gasteiger partial charge on any atom is 0.233 e. The molecule has 37 heavy (non-hydrogen) atoms. The second kappa shape index (κ2) is 9.99. The molecule has 1 aromatic heterocycles. The Bertz CT molecular complexity index is 1230. The minimum atomic E-state index is -3.37. The lowest BCUT2D eigenvalue weighted by atomic mass is 9.87. The van der Waals surface area contributed by atoms with Crippen molar-refractivity contribution in [3.63, 3.8) is 0 Å². The van der Waals surface area contributed by atoms with E-state index in [0.717, 1.165) is 0 Å². The van der Waals surface area contributed by atoms with Crippen molar-refractivity contribution in [2.24, 2.45) is 5.92 Å². The van der Waals surface area contributed by atoms with Crippen LogP contribution in [-0.4, -0.2) is 54.3 Å². The van der Waals surface area contributed by atoms with E-state index >= 15 is 0 Å². The lowest BCUT2D eigenvalue weighted by Gasteiger charge is -2.21. The van der Waals surface area contributed by atoms with Crippen LogP contribution >= 0.6 is 0 Å². The number of anilines is 1. The van der Waals surface area contributed by atoms with Crippen molar-refractivity contribution in [1.82, 2.24) is 9.97 Å². The Balaban J connectivity index is 1.32. The molecule has 8 nitrogen and oxygen atoms in total. The molecule has 11 heteroatoms. The number of nitrogens with zero attached hydrogens (tertiary/aromatic N) is 2. The molecule has 0 radical (unpaired) electrons. The SMILES string of the molecule is CC1(C)OC[C@@H](c2cnc(NC(=O)[C@H](C[C@H]3C[C@@H](F)[C@@H](F)C3)c3ccc(S(=O)(=O)C4CC4)cc3)cn2)O1. The van der Waals surface area contributed by atoms with Crippen molar-refractivity contribution in [3.05, 3.63) is 47.9 Å². The summed E-state index contributed by atoms with van der Waals surface area (Å²) in [6, 6.07) is 6.24. The first-order valence-electron chi connectivity index (χ1n) is 12.6. The van der Waals surface area contributed by atoms with E-state index in [0.29, 0.717) is 30.7 Å². The number of rotatable bonds is 8. The van der Waals surface area contributed by atoms with Crippen LogP contribution in [0.15, 0.2) is 41.6 Å². The fraction of sp³-hybridized carbons (Fsp3) is 0.577. The standard InChI is InChI=1S/C26H31F2N3O5S/c1-26(2)35-14-23(36-26)22-12-30-24(13-29-22)31-25(32)19(9-15-10-20(27)21(28)11-15)16-3-5-17(6-4-16)37(33,34)18-7-8-18/h3-6,12-13,15,18-21,23H,7-11,14H2,1-2H3,(H,30,31,32)/t15-,19-,20+,21-,23+/m1/s1. The van der Waals surface area contributed by atoms with Crippen LogP contribution in [0, 0.1) is 5.92 Å². The monoisotopic (exact) mass is 535 g/mol. The number of aromatic nitrogens is 2. The summed E-state index contributed by atoms with van der Waals surface area (Å²) in [5.74, 6) is -1.94. The maximum atomic E-state index is 13.9. The Morgan fingerprint density at radius 3 is 2.32 bits per heavy atom. The third-order valence-corrected chi connectivity index (χ3v) is 9.51. The third-order valence-electron chi connectivity index (χ3n) is 7.23. The van der Waals surface area contributed by atoms with Crippen LogP contribution in [0.25, 0.3) is 0 Å². The molecule has 1 N–H and O–H groups in total. The molecular weight excluding hydrogens is 504 g/mol. The summed E-state index contributed by atoms with van der Waals surface area (Å²) >= 11 is 0. The molecular formula is C26H31F2N3O5S. The van der Waals surface area contributed by atoms with Crippen molar-refractivity contribution in [3.8, 4) is 0 Å². The molecule has 2 saturated carbocycles. The predicted molar refractivity (Wildman–Crippen MR) is 131 cm³/mol. The summed E-state index contributed by atoms with van der Waals surface area (Å²) in [6.07, 6.45) is 1.14. The first-order chi connectivity index (χ1) is 17.5. The molecule has 3 fully saturated rings. The fourth-order valence-electron chi connectivity index (χ4n) is 5.02. The number of benzene rings is 1. The normalized spacial score (nSPS) is 28.2. The van der Waals surface area contributed by atoms with E-state index in [9.17, 15) is 22.0 Å². The first-order valence-corrected chi connectivity index (χ1v) is 14.1. The van der Waals surface area contributed by atoms with E-state index in [1.165, 1.54) is 24.5 Å². The molecule has 2 aliphatic carbocycles. The molecule has 1 saturated heterocycles. The number of ether oxygens (including phenoxy) is 2. The lowest BCUT2D eigenvalue weighted by Crippen LogP contribution is -2.24. The van der Waals surface area contributed by atoms with Crippen LogP contribution in [0.5, 0.6) is 0 Å². The van der Waals surface area contributed by atoms with Gasteiger partial charge >= 0.3 is 0 Å². The zero-order valence-electron chi connectivity index (χ0n) is 20.8. The number of amides is 1.